The van der Waals surface area contributed by atoms with Crippen LogP contribution in [0.4, 0.5) is 0 Å². The van der Waals surface area contributed by atoms with Gasteiger partial charge in [-0.3, -0.25) is 8.37 Å². The molecular weight excluding hydrogens is 605 g/mol. The first-order valence-corrected chi connectivity index (χ1v) is 18.8. The van der Waals surface area contributed by atoms with E-state index in [1.807, 2.05) is 0 Å². The molecule has 0 radical (unpaired) electrons. The summed E-state index contributed by atoms with van der Waals surface area (Å²) in [5, 5.41) is 0. The first kappa shape index (κ1) is 34.3. The van der Waals surface area contributed by atoms with Crippen LogP contribution in [0.5, 0.6) is 0 Å². The first-order chi connectivity index (χ1) is 18.4. The summed E-state index contributed by atoms with van der Waals surface area (Å²) in [7, 11) is -15.6. The number of aryl methyl sites for hydroxylation is 2. The lowest BCUT2D eigenvalue weighted by molar-refractivity contribution is 0.273. The van der Waals surface area contributed by atoms with Crippen LogP contribution in [0.25, 0.3) is 0 Å². The summed E-state index contributed by atoms with van der Waals surface area (Å²) in [6.45, 7) is 2.30. The van der Waals surface area contributed by atoms with E-state index in [-0.39, 0.29) is 62.0 Å². The summed E-state index contributed by atoms with van der Waals surface area (Å²) >= 11 is 0. The van der Waals surface area contributed by atoms with Crippen LogP contribution in [0.15, 0.2) is 58.3 Å². The second kappa shape index (κ2) is 14.3. The third-order valence-corrected chi connectivity index (χ3v) is 10.6. The second-order valence-corrected chi connectivity index (χ2v) is 16.4. The molecule has 2 aromatic rings. The molecule has 0 spiro atoms. The van der Waals surface area contributed by atoms with Crippen molar-refractivity contribution >= 4 is 40.3 Å². The van der Waals surface area contributed by atoms with Crippen molar-refractivity contribution in [2.45, 2.75) is 36.5 Å². The fourth-order valence-electron chi connectivity index (χ4n) is 3.55. The monoisotopic (exact) mass is 640 g/mol. The highest BCUT2D eigenvalue weighted by Gasteiger charge is 2.29. The molecular formula is C24H36N2O10S4. The maximum atomic E-state index is 13.5. The molecule has 0 amide bonds. The number of nitrogens with zero attached hydrogens (tertiary/aromatic N) is 2. The van der Waals surface area contributed by atoms with Crippen molar-refractivity contribution in [3.05, 3.63) is 59.7 Å². The smallest absolute Gasteiger partial charge is 0.264 e. The molecule has 0 atom stereocenters. The highest BCUT2D eigenvalue weighted by Crippen LogP contribution is 2.20. The SMILES string of the molecule is Cc1ccc(S(=O)(=O)N(CCCOS(C)(=O)=O)CCN(CCCOS(C)(=O)=O)S(=O)(=O)c2ccc(C)cc2)cc1. The standard InChI is InChI=1S/C24H36N2O10S4/c1-21-7-11-23(12-8-21)39(31,32)25(15-5-19-35-37(3,27)28)17-18-26(16-6-20-36-38(4,29)30)40(33,34)24-13-9-22(2)10-14-24/h7-14H,5-6,15-20H2,1-4H3. The minimum absolute atomic E-state index is 0.00312. The molecule has 40 heavy (non-hydrogen) atoms. The number of sulfonamides is 2. The van der Waals surface area contributed by atoms with Crippen LogP contribution in [-0.4, -0.2) is 94.2 Å². The number of benzene rings is 2. The third kappa shape index (κ3) is 11.2. The van der Waals surface area contributed by atoms with Gasteiger partial charge in [-0.15, -0.1) is 0 Å². The maximum absolute atomic E-state index is 13.5. The molecule has 0 fully saturated rings. The van der Waals surface area contributed by atoms with Crippen LogP contribution in [0.3, 0.4) is 0 Å². The Balaban J connectivity index is 2.33. The van der Waals surface area contributed by atoms with E-state index >= 15 is 0 Å². The molecule has 0 aliphatic heterocycles. The molecule has 0 saturated carbocycles. The number of hydrogen-bond donors (Lipinski definition) is 0. The Kier molecular flexibility index (Phi) is 12.3. The van der Waals surface area contributed by atoms with Crippen LogP contribution >= 0.6 is 0 Å². The Morgan fingerprint density at radius 1 is 0.525 bits per heavy atom. The zero-order valence-electron chi connectivity index (χ0n) is 22.9. The molecule has 0 aliphatic carbocycles. The average Bonchev–Trinajstić information content (AvgIpc) is 2.83. The zero-order valence-corrected chi connectivity index (χ0v) is 26.2. The lowest BCUT2D eigenvalue weighted by Crippen LogP contribution is -2.42. The molecule has 0 aromatic heterocycles. The van der Waals surface area contributed by atoms with Gasteiger partial charge in [0, 0.05) is 26.2 Å². The normalized spacial score (nSPS) is 13.2. The van der Waals surface area contributed by atoms with Crippen molar-refractivity contribution in [2.24, 2.45) is 0 Å². The first-order valence-electron chi connectivity index (χ1n) is 12.2. The van der Waals surface area contributed by atoms with Crippen LogP contribution in [-0.2, 0) is 48.6 Å². The van der Waals surface area contributed by atoms with Crippen molar-refractivity contribution in [3.8, 4) is 0 Å². The van der Waals surface area contributed by atoms with Gasteiger partial charge in [-0.2, -0.15) is 25.4 Å². The Hall–Kier alpha value is -1.92. The summed E-state index contributed by atoms with van der Waals surface area (Å²) in [6.07, 6.45) is 1.83. The van der Waals surface area contributed by atoms with E-state index in [0.29, 0.717) is 0 Å². The number of hydrogen-bond acceptors (Lipinski definition) is 10. The Bertz CT molecular complexity index is 1420. The summed E-state index contributed by atoms with van der Waals surface area (Å²) in [5.41, 5.74) is 1.69. The minimum atomic E-state index is -4.09. The van der Waals surface area contributed by atoms with Gasteiger partial charge in [0.25, 0.3) is 20.2 Å². The van der Waals surface area contributed by atoms with Crippen molar-refractivity contribution < 1.29 is 42.0 Å². The van der Waals surface area contributed by atoms with Crippen LogP contribution in [0.2, 0.25) is 0 Å². The van der Waals surface area contributed by atoms with E-state index in [2.05, 4.69) is 0 Å². The Morgan fingerprint density at radius 2 is 0.825 bits per heavy atom. The lowest BCUT2D eigenvalue weighted by Gasteiger charge is -2.27. The largest absolute Gasteiger partial charge is 0.270 e. The molecule has 0 saturated heterocycles. The van der Waals surface area contributed by atoms with Gasteiger partial charge in [-0.05, 0) is 51.0 Å². The summed E-state index contributed by atoms with van der Waals surface area (Å²) in [4.78, 5) is -0.00625. The summed E-state index contributed by atoms with van der Waals surface area (Å²) < 4.78 is 111. The highest BCUT2D eigenvalue weighted by molar-refractivity contribution is 7.89. The molecule has 0 bridgehead atoms. The van der Waals surface area contributed by atoms with E-state index < -0.39 is 40.3 Å². The lowest BCUT2D eigenvalue weighted by atomic mass is 10.2. The van der Waals surface area contributed by atoms with Crippen molar-refractivity contribution in [3.63, 3.8) is 0 Å². The van der Waals surface area contributed by atoms with Crippen molar-refractivity contribution in [1.29, 1.82) is 0 Å². The van der Waals surface area contributed by atoms with Crippen LogP contribution < -0.4 is 0 Å². The molecule has 0 heterocycles. The Labute approximate surface area is 238 Å². The predicted molar refractivity (Wildman–Crippen MR) is 151 cm³/mol. The summed E-state index contributed by atoms with van der Waals surface area (Å²) in [6, 6.07) is 12.3. The molecule has 0 N–H and O–H groups in total. The highest BCUT2D eigenvalue weighted by atomic mass is 32.2. The quantitative estimate of drug-likeness (QED) is 0.184. The zero-order chi connectivity index (χ0) is 30.2. The van der Waals surface area contributed by atoms with Gasteiger partial charge < -0.3 is 0 Å². The molecule has 2 aromatic carbocycles. The van der Waals surface area contributed by atoms with Crippen molar-refractivity contribution in [2.75, 3.05) is 51.9 Å². The molecule has 0 aliphatic rings. The Morgan fingerprint density at radius 3 is 1.10 bits per heavy atom. The van der Waals surface area contributed by atoms with Gasteiger partial charge in [-0.1, -0.05) is 35.4 Å². The van der Waals surface area contributed by atoms with Gasteiger partial charge in [0.1, 0.15) is 0 Å². The van der Waals surface area contributed by atoms with E-state index in [1.54, 1.807) is 38.1 Å². The predicted octanol–water partition coefficient (Wildman–Crippen LogP) is 1.72. The molecule has 2 rings (SSSR count). The van der Waals surface area contributed by atoms with Gasteiger partial charge in [0.15, 0.2) is 0 Å². The minimum Gasteiger partial charge on any atom is -0.270 e. The maximum Gasteiger partial charge on any atom is 0.264 e. The van der Waals surface area contributed by atoms with Gasteiger partial charge in [0.05, 0.1) is 35.5 Å². The van der Waals surface area contributed by atoms with Crippen molar-refractivity contribution in [1.82, 2.24) is 8.61 Å². The fourth-order valence-corrected chi connectivity index (χ4v) is 7.33. The van der Waals surface area contributed by atoms with E-state index in [1.165, 1.54) is 24.3 Å². The van der Waals surface area contributed by atoms with Gasteiger partial charge >= 0.3 is 0 Å². The van der Waals surface area contributed by atoms with E-state index in [4.69, 9.17) is 8.37 Å². The number of rotatable bonds is 17. The van der Waals surface area contributed by atoms with Crippen LogP contribution in [0.1, 0.15) is 24.0 Å². The topological polar surface area (TPSA) is 161 Å². The van der Waals surface area contributed by atoms with E-state index in [9.17, 15) is 33.7 Å². The third-order valence-electron chi connectivity index (χ3n) is 5.61. The summed E-state index contributed by atoms with van der Waals surface area (Å²) in [5.74, 6) is 0. The molecule has 226 valence electrons. The molecule has 16 heteroatoms. The van der Waals surface area contributed by atoms with Crippen LogP contribution in [0, 0.1) is 13.8 Å². The molecule has 12 nitrogen and oxygen atoms in total. The van der Waals surface area contributed by atoms with Gasteiger partial charge in [-0.25, -0.2) is 16.8 Å². The van der Waals surface area contributed by atoms with Gasteiger partial charge in [0.2, 0.25) is 20.0 Å². The van der Waals surface area contributed by atoms with E-state index in [0.717, 1.165) is 32.2 Å². The molecule has 0 unspecified atom stereocenters. The fraction of sp³-hybridized carbons (Fsp3) is 0.500. The second-order valence-electron chi connectivity index (χ2n) is 9.19. The average molecular weight is 641 g/mol.